The number of fused-ring (bicyclic) bond motifs is 1. The van der Waals surface area contributed by atoms with E-state index in [1.165, 1.54) is 4.88 Å². The lowest BCUT2D eigenvalue weighted by atomic mass is 9.87. The molecule has 1 fully saturated rings. The summed E-state index contributed by atoms with van der Waals surface area (Å²) in [4.78, 5) is 16.1. The van der Waals surface area contributed by atoms with Gasteiger partial charge in [0.2, 0.25) is 0 Å². The van der Waals surface area contributed by atoms with E-state index in [2.05, 4.69) is 29.6 Å². The number of benzene rings is 3. The van der Waals surface area contributed by atoms with Crippen molar-refractivity contribution in [3.05, 3.63) is 88.1 Å². The van der Waals surface area contributed by atoms with Crippen LogP contribution in [0, 0.1) is 0 Å². The van der Waals surface area contributed by atoms with Crippen LogP contribution in [0.15, 0.2) is 72.1 Å². The molecule has 270 valence electrons. The van der Waals surface area contributed by atoms with Gasteiger partial charge in [0.05, 0.1) is 52.8 Å². The fourth-order valence-corrected chi connectivity index (χ4v) is 6.68. The fourth-order valence-electron chi connectivity index (χ4n) is 6.04. The molecule has 0 bridgehead atoms. The second-order valence-corrected chi connectivity index (χ2v) is 14.5. The molecule has 0 spiro atoms. The summed E-state index contributed by atoms with van der Waals surface area (Å²) in [5.41, 5.74) is 1.52. The van der Waals surface area contributed by atoms with E-state index >= 15 is 0 Å². The van der Waals surface area contributed by atoms with Crippen molar-refractivity contribution in [1.82, 2.24) is 4.90 Å². The van der Waals surface area contributed by atoms with Crippen LogP contribution in [-0.2, 0) is 32.2 Å². The van der Waals surface area contributed by atoms with Gasteiger partial charge >= 0.3 is 6.09 Å². The number of likely N-dealkylation sites (tertiary alicyclic amines) is 1. The zero-order valence-electron chi connectivity index (χ0n) is 30.0. The zero-order valence-corrected chi connectivity index (χ0v) is 30.8. The lowest BCUT2D eigenvalue weighted by Crippen LogP contribution is -2.48. The number of piperidine rings is 1. The van der Waals surface area contributed by atoms with Crippen molar-refractivity contribution in [1.29, 1.82) is 0 Å². The van der Waals surface area contributed by atoms with E-state index in [9.17, 15) is 4.79 Å². The first-order valence-corrected chi connectivity index (χ1v) is 18.3. The van der Waals surface area contributed by atoms with Crippen LogP contribution in [0.5, 0.6) is 17.2 Å². The van der Waals surface area contributed by atoms with Gasteiger partial charge in [-0.2, -0.15) is 0 Å². The highest BCUT2D eigenvalue weighted by atomic mass is 32.1. The summed E-state index contributed by atoms with van der Waals surface area (Å²) in [6, 6.07) is 22.5. The number of amides is 1. The van der Waals surface area contributed by atoms with Crippen LogP contribution >= 0.6 is 11.3 Å². The molecule has 1 aliphatic heterocycles. The topological polar surface area (TPSA) is 84.9 Å². The van der Waals surface area contributed by atoms with E-state index in [1.807, 2.05) is 63.2 Å². The lowest BCUT2D eigenvalue weighted by Gasteiger charge is -2.39. The molecule has 9 nitrogen and oxygen atoms in total. The first-order chi connectivity index (χ1) is 24.2. The molecule has 1 aliphatic rings. The van der Waals surface area contributed by atoms with Gasteiger partial charge in [-0.1, -0.05) is 30.3 Å². The zero-order chi connectivity index (χ0) is 35.3. The third kappa shape index (κ3) is 10.8. The number of hydrogen-bond donors (Lipinski definition) is 0. The Morgan fingerprint density at radius 1 is 0.860 bits per heavy atom. The van der Waals surface area contributed by atoms with Crippen LogP contribution in [0.4, 0.5) is 4.79 Å². The SMILES string of the molecule is COCCCOc1cc(COC2CN(C(=O)OC(C)(C)C)CCC2c2ccc(OCCCOCc3cccs3)cc2)cc2c(OC)cccc12. The van der Waals surface area contributed by atoms with Gasteiger partial charge in [0.25, 0.3) is 0 Å². The van der Waals surface area contributed by atoms with Crippen LogP contribution < -0.4 is 14.2 Å². The van der Waals surface area contributed by atoms with Gasteiger partial charge in [0.15, 0.2) is 0 Å². The minimum absolute atomic E-state index is 0.0770. The molecule has 1 aromatic heterocycles. The molecule has 50 heavy (non-hydrogen) atoms. The van der Waals surface area contributed by atoms with E-state index in [4.69, 9.17) is 33.2 Å². The molecular formula is C40H51NO8S. The number of rotatable bonds is 17. The van der Waals surface area contributed by atoms with E-state index in [0.29, 0.717) is 52.7 Å². The van der Waals surface area contributed by atoms with Gasteiger partial charge in [-0.05, 0) is 80.1 Å². The highest BCUT2D eigenvalue weighted by Crippen LogP contribution is 2.36. The average Bonchev–Trinajstić information content (AvgIpc) is 3.63. The Labute approximate surface area is 300 Å². The van der Waals surface area contributed by atoms with Crippen LogP contribution in [0.25, 0.3) is 10.8 Å². The normalized spacial score (nSPS) is 16.4. The Balaban J connectivity index is 1.27. The number of nitrogens with zero attached hydrogens (tertiary/aromatic N) is 1. The number of ether oxygens (including phenoxy) is 7. The average molecular weight is 706 g/mol. The van der Waals surface area contributed by atoms with Gasteiger partial charge in [-0.15, -0.1) is 11.3 Å². The van der Waals surface area contributed by atoms with Crippen LogP contribution in [0.2, 0.25) is 0 Å². The number of thiophene rings is 1. The molecule has 4 aromatic rings. The van der Waals surface area contributed by atoms with Crippen LogP contribution in [-0.4, -0.2) is 76.4 Å². The molecular weight excluding hydrogens is 655 g/mol. The first kappa shape index (κ1) is 37.4. The second kappa shape index (κ2) is 18.4. The van der Waals surface area contributed by atoms with Crippen molar-refractivity contribution in [2.75, 3.05) is 53.7 Å². The molecule has 0 aliphatic carbocycles. The largest absolute Gasteiger partial charge is 0.496 e. The van der Waals surface area contributed by atoms with Gasteiger partial charge in [-0.3, -0.25) is 0 Å². The third-order valence-electron chi connectivity index (χ3n) is 8.46. The van der Waals surface area contributed by atoms with E-state index in [-0.39, 0.29) is 18.1 Å². The molecule has 0 N–H and O–H groups in total. The van der Waals surface area contributed by atoms with Crippen molar-refractivity contribution in [3.8, 4) is 17.2 Å². The van der Waals surface area contributed by atoms with Gasteiger partial charge in [0.1, 0.15) is 22.8 Å². The molecule has 0 saturated carbocycles. The van der Waals surface area contributed by atoms with E-state index in [0.717, 1.165) is 58.4 Å². The van der Waals surface area contributed by atoms with Crippen molar-refractivity contribution >= 4 is 28.2 Å². The van der Waals surface area contributed by atoms with Crippen molar-refractivity contribution in [2.24, 2.45) is 0 Å². The molecule has 0 radical (unpaired) electrons. The molecule has 2 atom stereocenters. The maximum Gasteiger partial charge on any atom is 0.410 e. The molecule has 2 unspecified atom stereocenters. The van der Waals surface area contributed by atoms with E-state index < -0.39 is 5.60 Å². The molecule has 1 amide bonds. The summed E-state index contributed by atoms with van der Waals surface area (Å²) in [5, 5.41) is 3.99. The highest BCUT2D eigenvalue weighted by molar-refractivity contribution is 7.09. The molecule has 2 heterocycles. The Hall–Kier alpha value is -3.83. The predicted octanol–water partition coefficient (Wildman–Crippen LogP) is 8.62. The standard InChI is InChI=1S/C40H51NO8S/c1-40(2,3)49-39(42)41-18-17-33(30-13-15-31(16-14-30)46-21-9-20-45-28-32-10-7-23-50-32)38(26-41)48-27-29-24-35-34(11-6-12-36(35)44-5)37(25-29)47-22-8-19-43-4/h6-7,10-16,23-25,33,38H,8-9,17-22,26-28H2,1-5H3. The van der Waals surface area contributed by atoms with Crippen molar-refractivity contribution in [2.45, 2.75) is 70.9 Å². The lowest BCUT2D eigenvalue weighted by molar-refractivity contribution is -0.0359. The van der Waals surface area contributed by atoms with Crippen LogP contribution in [0.3, 0.4) is 0 Å². The minimum atomic E-state index is -0.583. The molecule has 1 saturated heterocycles. The second-order valence-electron chi connectivity index (χ2n) is 13.4. The molecule has 3 aromatic carbocycles. The Morgan fingerprint density at radius 3 is 2.40 bits per heavy atom. The summed E-state index contributed by atoms with van der Waals surface area (Å²) >= 11 is 1.70. The molecule has 5 rings (SSSR count). The number of carbonyl (C=O) groups is 1. The summed E-state index contributed by atoms with van der Waals surface area (Å²) in [7, 11) is 3.36. The maximum absolute atomic E-state index is 13.1. The third-order valence-corrected chi connectivity index (χ3v) is 9.31. The smallest absolute Gasteiger partial charge is 0.410 e. The highest BCUT2D eigenvalue weighted by Gasteiger charge is 2.35. The Bertz CT molecular complexity index is 1620. The van der Waals surface area contributed by atoms with Gasteiger partial charge < -0.3 is 38.1 Å². The number of hydrogen-bond acceptors (Lipinski definition) is 9. The van der Waals surface area contributed by atoms with Gasteiger partial charge in [-0.25, -0.2) is 4.79 Å². The minimum Gasteiger partial charge on any atom is -0.496 e. The van der Waals surface area contributed by atoms with Crippen LogP contribution in [0.1, 0.15) is 62.0 Å². The number of carbonyl (C=O) groups excluding carboxylic acids is 1. The predicted molar refractivity (Wildman–Crippen MR) is 197 cm³/mol. The summed E-state index contributed by atoms with van der Waals surface area (Å²) < 4.78 is 41.4. The summed E-state index contributed by atoms with van der Waals surface area (Å²) in [6.07, 6.45) is 1.75. The summed E-state index contributed by atoms with van der Waals surface area (Å²) in [6.45, 7) is 10.0. The van der Waals surface area contributed by atoms with Crippen molar-refractivity contribution < 1.29 is 38.0 Å². The number of methoxy groups -OCH3 is 2. The monoisotopic (exact) mass is 705 g/mol. The first-order valence-electron chi connectivity index (χ1n) is 17.4. The van der Waals surface area contributed by atoms with Crippen molar-refractivity contribution in [3.63, 3.8) is 0 Å². The van der Waals surface area contributed by atoms with Gasteiger partial charge in [0, 0.05) is 54.7 Å². The van der Waals surface area contributed by atoms with E-state index in [1.54, 1.807) is 30.5 Å². The quantitative estimate of drug-likeness (QED) is 0.101. The Morgan fingerprint density at radius 2 is 1.66 bits per heavy atom. The summed E-state index contributed by atoms with van der Waals surface area (Å²) in [5.74, 6) is 2.44. The maximum atomic E-state index is 13.1. The fraction of sp³-hybridized carbons (Fsp3) is 0.475. The Kier molecular flexibility index (Phi) is 13.8. The molecule has 10 heteroatoms.